The summed E-state index contributed by atoms with van der Waals surface area (Å²) in [6, 6.07) is 11.1. The predicted molar refractivity (Wildman–Crippen MR) is 84.7 cm³/mol. The van der Waals surface area contributed by atoms with Crippen LogP contribution >= 0.6 is 0 Å². The van der Waals surface area contributed by atoms with Crippen molar-refractivity contribution >= 4 is 5.65 Å². The fourth-order valence-corrected chi connectivity index (χ4v) is 2.49. The number of aromatic hydroxyl groups is 1. The van der Waals surface area contributed by atoms with E-state index < -0.39 is 0 Å². The maximum atomic E-state index is 13.7. The molecule has 3 rings (SSSR count). The van der Waals surface area contributed by atoms with E-state index in [4.69, 9.17) is 0 Å². The number of nitrogens with zero attached hydrogens (tertiary/aromatic N) is 3. The minimum atomic E-state index is -0.264. The Labute approximate surface area is 132 Å². The minimum absolute atomic E-state index is 0.0526. The molecule has 0 saturated carbocycles. The summed E-state index contributed by atoms with van der Waals surface area (Å²) < 4.78 is 15.0. The van der Waals surface area contributed by atoms with Gasteiger partial charge in [0.05, 0.1) is 5.69 Å². The second-order valence-corrected chi connectivity index (χ2v) is 5.44. The number of rotatable bonds is 4. The van der Waals surface area contributed by atoms with Crippen LogP contribution in [0.15, 0.2) is 53.5 Å². The van der Waals surface area contributed by atoms with Crippen LogP contribution in [0.1, 0.15) is 11.3 Å². The molecule has 118 valence electrons. The largest absolute Gasteiger partial charge is 0.504 e. The Morgan fingerprint density at radius 3 is 2.78 bits per heavy atom. The number of pyridine rings is 1. The van der Waals surface area contributed by atoms with Crippen molar-refractivity contribution in [1.82, 2.24) is 14.3 Å². The molecule has 0 atom stereocenters. The van der Waals surface area contributed by atoms with Gasteiger partial charge in [-0.3, -0.25) is 14.1 Å². The van der Waals surface area contributed by atoms with Gasteiger partial charge in [0.2, 0.25) is 0 Å². The molecule has 6 heteroatoms. The zero-order chi connectivity index (χ0) is 16.4. The van der Waals surface area contributed by atoms with Crippen molar-refractivity contribution in [2.45, 2.75) is 13.1 Å². The Morgan fingerprint density at radius 2 is 2.00 bits per heavy atom. The molecule has 0 aliphatic carbocycles. The van der Waals surface area contributed by atoms with E-state index in [1.807, 2.05) is 11.9 Å². The van der Waals surface area contributed by atoms with Gasteiger partial charge in [0, 0.05) is 30.9 Å². The van der Waals surface area contributed by atoms with E-state index in [-0.39, 0.29) is 22.8 Å². The van der Waals surface area contributed by atoms with E-state index in [1.54, 1.807) is 30.5 Å². The van der Waals surface area contributed by atoms with Gasteiger partial charge in [0.15, 0.2) is 11.4 Å². The molecular formula is C17H16FN3O2. The molecular weight excluding hydrogens is 297 g/mol. The van der Waals surface area contributed by atoms with Crippen molar-refractivity contribution in [2.75, 3.05) is 7.05 Å². The highest BCUT2D eigenvalue weighted by molar-refractivity contribution is 5.52. The monoisotopic (exact) mass is 313 g/mol. The van der Waals surface area contributed by atoms with E-state index in [2.05, 4.69) is 4.98 Å². The van der Waals surface area contributed by atoms with Crippen LogP contribution in [0.2, 0.25) is 0 Å². The zero-order valence-electron chi connectivity index (χ0n) is 12.6. The third-order valence-corrected chi connectivity index (χ3v) is 3.55. The lowest BCUT2D eigenvalue weighted by atomic mass is 10.2. The topological polar surface area (TPSA) is 57.8 Å². The van der Waals surface area contributed by atoms with Crippen LogP contribution in [0.25, 0.3) is 5.65 Å². The van der Waals surface area contributed by atoms with E-state index >= 15 is 0 Å². The molecule has 0 aliphatic heterocycles. The van der Waals surface area contributed by atoms with Gasteiger partial charge >= 0.3 is 0 Å². The van der Waals surface area contributed by atoms with Crippen molar-refractivity contribution in [3.63, 3.8) is 0 Å². The normalized spacial score (nSPS) is 11.3. The number of halogens is 1. The first-order valence-corrected chi connectivity index (χ1v) is 7.17. The molecule has 23 heavy (non-hydrogen) atoms. The quantitative estimate of drug-likeness (QED) is 0.802. The molecule has 0 unspecified atom stereocenters. The summed E-state index contributed by atoms with van der Waals surface area (Å²) in [7, 11) is 1.82. The van der Waals surface area contributed by atoms with Crippen LogP contribution in [-0.4, -0.2) is 26.4 Å². The van der Waals surface area contributed by atoms with Crippen molar-refractivity contribution in [1.29, 1.82) is 0 Å². The van der Waals surface area contributed by atoms with E-state index in [0.29, 0.717) is 24.3 Å². The predicted octanol–water partition coefficient (Wildman–Crippen LogP) is 2.17. The first-order valence-electron chi connectivity index (χ1n) is 7.17. The second kappa shape index (κ2) is 6.18. The maximum absolute atomic E-state index is 13.7. The van der Waals surface area contributed by atoms with Crippen molar-refractivity contribution < 1.29 is 9.50 Å². The van der Waals surface area contributed by atoms with E-state index in [9.17, 15) is 14.3 Å². The highest BCUT2D eigenvalue weighted by Gasteiger charge is 2.10. The van der Waals surface area contributed by atoms with Crippen molar-refractivity contribution in [3.05, 3.63) is 76.1 Å². The van der Waals surface area contributed by atoms with Gasteiger partial charge in [-0.25, -0.2) is 9.37 Å². The lowest BCUT2D eigenvalue weighted by Crippen LogP contribution is -2.22. The molecule has 0 radical (unpaired) electrons. The Hall–Kier alpha value is -2.73. The molecule has 0 aliphatic rings. The van der Waals surface area contributed by atoms with Gasteiger partial charge in [-0.1, -0.05) is 18.2 Å². The minimum Gasteiger partial charge on any atom is -0.504 e. The summed E-state index contributed by atoms with van der Waals surface area (Å²) >= 11 is 0. The first kappa shape index (κ1) is 15.2. The average Bonchev–Trinajstić information content (AvgIpc) is 2.51. The first-order chi connectivity index (χ1) is 11.0. The summed E-state index contributed by atoms with van der Waals surface area (Å²) in [6.07, 6.45) is 1.55. The lowest BCUT2D eigenvalue weighted by molar-refractivity contribution is 0.309. The highest BCUT2D eigenvalue weighted by atomic mass is 19.1. The SMILES string of the molecule is CN(Cc1cc(=O)n2cccc(O)c2n1)Cc1ccccc1F. The van der Waals surface area contributed by atoms with Gasteiger partial charge in [0.1, 0.15) is 5.82 Å². The van der Waals surface area contributed by atoms with Crippen molar-refractivity contribution in [2.24, 2.45) is 0 Å². The summed E-state index contributed by atoms with van der Waals surface area (Å²) in [5.41, 5.74) is 1.06. The van der Waals surface area contributed by atoms with Gasteiger partial charge in [0.25, 0.3) is 5.56 Å². The average molecular weight is 313 g/mol. The van der Waals surface area contributed by atoms with Crippen LogP contribution in [0.3, 0.4) is 0 Å². The molecule has 1 N–H and O–H groups in total. The molecule has 0 bridgehead atoms. The van der Waals surface area contributed by atoms with Crippen LogP contribution in [0, 0.1) is 5.82 Å². The molecule has 0 fully saturated rings. The zero-order valence-corrected chi connectivity index (χ0v) is 12.6. The fraction of sp³-hybridized carbons (Fsp3) is 0.176. The van der Waals surface area contributed by atoms with Crippen molar-refractivity contribution in [3.8, 4) is 5.75 Å². The second-order valence-electron chi connectivity index (χ2n) is 5.44. The summed E-state index contributed by atoms with van der Waals surface area (Å²) in [6.45, 7) is 0.767. The molecule has 0 amide bonds. The Bertz CT molecular complexity index is 908. The Balaban J connectivity index is 1.85. The van der Waals surface area contributed by atoms with Crippen LogP contribution in [0.4, 0.5) is 4.39 Å². The summed E-state index contributed by atoms with van der Waals surface area (Å²) in [5.74, 6) is -0.313. The van der Waals surface area contributed by atoms with Gasteiger partial charge in [-0.2, -0.15) is 0 Å². The molecule has 0 spiro atoms. The molecule has 0 saturated heterocycles. The van der Waals surface area contributed by atoms with E-state index in [0.717, 1.165) is 0 Å². The van der Waals surface area contributed by atoms with E-state index in [1.165, 1.54) is 22.6 Å². The lowest BCUT2D eigenvalue weighted by Gasteiger charge is -2.17. The smallest absolute Gasteiger partial charge is 0.258 e. The number of hydrogen-bond donors (Lipinski definition) is 1. The standard InChI is InChI=1S/C17H16FN3O2/c1-20(10-12-5-2-3-6-14(12)18)11-13-9-16(23)21-8-4-7-15(22)17(21)19-13/h2-9,22H,10-11H2,1H3. The number of hydrogen-bond acceptors (Lipinski definition) is 4. The van der Waals surface area contributed by atoms with Crippen LogP contribution in [-0.2, 0) is 13.1 Å². The van der Waals surface area contributed by atoms with Gasteiger partial charge < -0.3 is 5.11 Å². The molecule has 3 aromatic rings. The van der Waals surface area contributed by atoms with Gasteiger partial charge in [-0.15, -0.1) is 0 Å². The molecule has 1 aromatic carbocycles. The fourth-order valence-electron chi connectivity index (χ4n) is 2.49. The Morgan fingerprint density at radius 1 is 1.22 bits per heavy atom. The third-order valence-electron chi connectivity index (χ3n) is 3.55. The summed E-state index contributed by atoms with van der Waals surface area (Å²) in [5, 5.41) is 9.84. The number of fused-ring (bicyclic) bond motifs is 1. The molecule has 2 aromatic heterocycles. The van der Waals surface area contributed by atoms with Gasteiger partial charge in [-0.05, 0) is 25.2 Å². The van der Waals surface area contributed by atoms with Crippen LogP contribution < -0.4 is 5.56 Å². The number of benzene rings is 1. The Kier molecular flexibility index (Phi) is 4.08. The maximum Gasteiger partial charge on any atom is 0.258 e. The molecule has 5 nitrogen and oxygen atoms in total. The molecule has 2 heterocycles. The van der Waals surface area contributed by atoms with Crippen LogP contribution in [0.5, 0.6) is 5.75 Å². The summed E-state index contributed by atoms with van der Waals surface area (Å²) in [4.78, 5) is 18.3. The number of aromatic nitrogens is 2. The highest BCUT2D eigenvalue weighted by Crippen LogP contribution is 2.15. The third kappa shape index (κ3) is 3.22.